The standard InChI is InChI=1S/C39H44BrN3O4S/c1-5-18-41(23-26-12-8-7-9-13-26)36(45)32-33-37(46)43(30(24-44)20-25(3)4)35(39(33)22-31(40)34(32)48-39)38(47)42(19-6-2)29-17-16-27-14-10-11-15-28(27)21-29/h5-17,21,25,30-35,44H,1-2,18-20,22-24H2,3-4H3/t30-,31?,32-,33+,34-,35?,39?/m1/s1. The number of fused-ring (bicyclic) bond motifs is 2. The molecule has 7 nitrogen and oxygen atoms in total. The van der Waals surface area contributed by atoms with Crippen LogP contribution in [0.15, 0.2) is 98.1 Å². The molecule has 3 aromatic carbocycles. The molecule has 9 heteroatoms. The van der Waals surface area contributed by atoms with E-state index in [4.69, 9.17) is 0 Å². The van der Waals surface area contributed by atoms with E-state index >= 15 is 4.79 Å². The number of aliphatic hydroxyl groups excluding tert-OH is 1. The first-order valence-electron chi connectivity index (χ1n) is 16.7. The summed E-state index contributed by atoms with van der Waals surface area (Å²) in [6.45, 7) is 12.7. The van der Waals surface area contributed by atoms with Crippen molar-refractivity contribution in [3.63, 3.8) is 0 Å². The van der Waals surface area contributed by atoms with Gasteiger partial charge in [-0.15, -0.1) is 24.9 Å². The van der Waals surface area contributed by atoms with Gasteiger partial charge in [0.2, 0.25) is 11.8 Å². The fourth-order valence-corrected chi connectivity index (χ4v) is 11.8. The molecule has 0 aliphatic carbocycles. The third-order valence-corrected chi connectivity index (χ3v) is 13.3. The van der Waals surface area contributed by atoms with Crippen molar-refractivity contribution in [2.45, 2.75) is 60.1 Å². The van der Waals surface area contributed by atoms with Gasteiger partial charge in [-0.25, -0.2) is 0 Å². The number of nitrogens with zero attached hydrogens (tertiary/aromatic N) is 3. The summed E-state index contributed by atoms with van der Waals surface area (Å²) in [6, 6.07) is 22.3. The van der Waals surface area contributed by atoms with Crippen molar-refractivity contribution in [2.24, 2.45) is 17.8 Å². The molecule has 252 valence electrons. The largest absolute Gasteiger partial charge is 0.394 e. The number of alkyl halides is 1. The summed E-state index contributed by atoms with van der Waals surface area (Å²) < 4.78 is -0.847. The van der Waals surface area contributed by atoms with Crippen LogP contribution < -0.4 is 4.90 Å². The van der Waals surface area contributed by atoms with Gasteiger partial charge in [0.05, 0.1) is 29.2 Å². The summed E-state index contributed by atoms with van der Waals surface area (Å²) in [4.78, 5) is 49.9. The number of anilines is 1. The van der Waals surface area contributed by atoms with Crippen molar-refractivity contribution in [1.82, 2.24) is 9.80 Å². The van der Waals surface area contributed by atoms with Gasteiger partial charge in [-0.2, -0.15) is 0 Å². The number of carbonyl (C=O) groups excluding carboxylic acids is 3. The molecule has 3 heterocycles. The van der Waals surface area contributed by atoms with Gasteiger partial charge in [0, 0.05) is 35.4 Å². The van der Waals surface area contributed by atoms with Crippen molar-refractivity contribution in [3.8, 4) is 0 Å². The average Bonchev–Trinajstić information content (AvgIpc) is 3.68. The number of hydrogen-bond donors (Lipinski definition) is 1. The van der Waals surface area contributed by atoms with E-state index in [1.54, 1.807) is 38.6 Å². The number of likely N-dealkylation sites (tertiary alicyclic amines) is 1. The zero-order chi connectivity index (χ0) is 34.2. The highest BCUT2D eigenvalue weighted by Crippen LogP contribution is 2.68. The maximum atomic E-state index is 15.2. The Morgan fingerprint density at radius 2 is 1.71 bits per heavy atom. The molecular weight excluding hydrogens is 686 g/mol. The summed E-state index contributed by atoms with van der Waals surface area (Å²) >= 11 is 5.53. The first-order valence-corrected chi connectivity index (χ1v) is 18.5. The highest BCUT2D eigenvalue weighted by atomic mass is 79.9. The molecule has 2 bridgehead atoms. The van der Waals surface area contributed by atoms with E-state index < -0.39 is 28.7 Å². The smallest absolute Gasteiger partial charge is 0.251 e. The normalized spacial score (nSPS) is 26.5. The molecule has 48 heavy (non-hydrogen) atoms. The summed E-state index contributed by atoms with van der Waals surface area (Å²) in [5.74, 6) is -1.68. The third kappa shape index (κ3) is 6.03. The average molecular weight is 731 g/mol. The van der Waals surface area contributed by atoms with E-state index in [0.29, 0.717) is 25.9 Å². The number of aliphatic hydroxyl groups is 1. The topological polar surface area (TPSA) is 81.2 Å². The van der Waals surface area contributed by atoms with Crippen LogP contribution in [0, 0.1) is 17.8 Å². The van der Waals surface area contributed by atoms with Gasteiger partial charge >= 0.3 is 0 Å². The van der Waals surface area contributed by atoms with E-state index in [0.717, 1.165) is 22.0 Å². The molecule has 1 spiro atoms. The number of rotatable bonds is 13. The first-order chi connectivity index (χ1) is 23.1. The molecule has 6 rings (SSSR count). The third-order valence-electron chi connectivity index (χ3n) is 10.1. The van der Waals surface area contributed by atoms with E-state index in [1.807, 2.05) is 72.8 Å². The van der Waals surface area contributed by atoms with E-state index in [2.05, 4.69) is 42.9 Å². The molecule has 0 aromatic heterocycles. The molecule has 7 atom stereocenters. The number of hydrogen-bond acceptors (Lipinski definition) is 5. The van der Waals surface area contributed by atoms with Gasteiger partial charge in [0.15, 0.2) is 0 Å². The molecule has 3 aliphatic rings. The van der Waals surface area contributed by atoms with E-state index in [9.17, 15) is 14.7 Å². The lowest BCUT2D eigenvalue weighted by Gasteiger charge is -2.40. The first kappa shape index (κ1) is 34.5. The SMILES string of the molecule is C=CCN(Cc1ccccc1)C(=O)[C@H]1[C@@H]2SC3(CC2Br)C(C(=O)N(CC=C)c2ccc4ccccc4c2)N([C@@H](CO)CC(C)C)C(=O)[C@H]13. The maximum absolute atomic E-state index is 15.2. The molecule has 1 N–H and O–H groups in total. The van der Waals surface area contributed by atoms with Crippen LogP contribution in [0.3, 0.4) is 0 Å². The molecule has 3 saturated heterocycles. The highest BCUT2D eigenvalue weighted by molar-refractivity contribution is 9.09. The van der Waals surface area contributed by atoms with Crippen LogP contribution in [0.25, 0.3) is 10.8 Å². The molecule has 3 aliphatic heterocycles. The van der Waals surface area contributed by atoms with Crippen LogP contribution in [0.1, 0.15) is 32.3 Å². The molecule has 0 radical (unpaired) electrons. The summed E-state index contributed by atoms with van der Waals surface area (Å²) in [6.07, 6.45) is 4.53. The number of benzene rings is 3. The minimum absolute atomic E-state index is 0.0655. The fraction of sp³-hybridized carbons (Fsp3) is 0.410. The lowest BCUT2D eigenvalue weighted by molar-refractivity contribution is -0.145. The van der Waals surface area contributed by atoms with Crippen molar-refractivity contribution in [1.29, 1.82) is 0 Å². The zero-order valence-corrected chi connectivity index (χ0v) is 30.0. The van der Waals surface area contributed by atoms with E-state index in [-0.39, 0.29) is 46.9 Å². The quantitative estimate of drug-likeness (QED) is 0.162. The number of carbonyl (C=O) groups is 3. The van der Waals surface area contributed by atoms with Crippen LogP contribution in [0.2, 0.25) is 0 Å². The van der Waals surface area contributed by atoms with Crippen LogP contribution in [-0.4, -0.2) is 79.2 Å². The van der Waals surface area contributed by atoms with Gasteiger partial charge in [-0.1, -0.05) is 103 Å². The second kappa shape index (κ2) is 14.2. The molecule has 3 unspecified atom stereocenters. The monoisotopic (exact) mass is 729 g/mol. The molecular formula is C39H44BrN3O4S. The van der Waals surface area contributed by atoms with Gasteiger partial charge in [0.1, 0.15) is 6.04 Å². The van der Waals surface area contributed by atoms with Gasteiger partial charge in [-0.3, -0.25) is 14.4 Å². The second-order valence-corrected chi connectivity index (χ2v) is 16.4. The van der Waals surface area contributed by atoms with Gasteiger partial charge in [0.25, 0.3) is 5.91 Å². The van der Waals surface area contributed by atoms with Crippen LogP contribution in [-0.2, 0) is 20.9 Å². The van der Waals surface area contributed by atoms with Crippen LogP contribution in [0.5, 0.6) is 0 Å². The highest BCUT2D eigenvalue weighted by Gasteiger charge is 2.76. The van der Waals surface area contributed by atoms with Crippen LogP contribution >= 0.6 is 27.7 Å². The number of thioether (sulfide) groups is 1. The molecule has 3 fully saturated rings. The minimum atomic E-state index is -0.868. The molecule has 3 aromatic rings. The maximum Gasteiger partial charge on any atom is 0.251 e. The molecule has 0 saturated carbocycles. The van der Waals surface area contributed by atoms with Crippen molar-refractivity contribution in [2.75, 3.05) is 24.6 Å². The number of amides is 3. The van der Waals surface area contributed by atoms with E-state index in [1.165, 1.54) is 0 Å². The summed E-state index contributed by atoms with van der Waals surface area (Å²) in [5.41, 5.74) is 1.71. The van der Waals surface area contributed by atoms with Crippen molar-refractivity contribution in [3.05, 3.63) is 104 Å². The minimum Gasteiger partial charge on any atom is -0.394 e. The predicted octanol–water partition coefficient (Wildman–Crippen LogP) is 6.45. The Bertz CT molecular complexity index is 1700. The lowest BCUT2D eigenvalue weighted by Crippen LogP contribution is -2.58. The predicted molar refractivity (Wildman–Crippen MR) is 198 cm³/mol. The summed E-state index contributed by atoms with van der Waals surface area (Å²) in [5, 5.41) is 12.7. The lowest BCUT2D eigenvalue weighted by atomic mass is 9.70. The number of halogens is 1. The Morgan fingerprint density at radius 1 is 1.02 bits per heavy atom. The van der Waals surface area contributed by atoms with Gasteiger partial charge < -0.3 is 19.8 Å². The fourth-order valence-electron chi connectivity index (χ4n) is 8.19. The Labute approximate surface area is 296 Å². The van der Waals surface area contributed by atoms with Gasteiger partial charge in [-0.05, 0) is 47.2 Å². The van der Waals surface area contributed by atoms with Crippen molar-refractivity contribution >= 4 is 61.9 Å². The Balaban J connectivity index is 1.44. The van der Waals surface area contributed by atoms with Crippen molar-refractivity contribution < 1.29 is 19.5 Å². The molecule has 3 amide bonds. The van der Waals surface area contributed by atoms with Crippen LogP contribution in [0.4, 0.5) is 5.69 Å². The Morgan fingerprint density at radius 3 is 2.38 bits per heavy atom. The Kier molecular flexibility index (Phi) is 10.2. The Hall–Kier alpha value is -3.40. The zero-order valence-electron chi connectivity index (χ0n) is 27.6. The second-order valence-electron chi connectivity index (χ2n) is 13.6. The summed E-state index contributed by atoms with van der Waals surface area (Å²) in [7, 11) is 0.